The van der Waals surface area contributed by atoms with E-state index in [0.717, 1.165) is 25.7 Å². The van der Waals surface area contributed by atoms with Gasteiger partial charge < -0.3 is 21.3 Å². The van der Waals surface area contributed by atoms with Crippen LogP contribution in [0.15, 0.2) is 35.4 Å². The number of halogens is 1. The van der Waals surface area contributed by atoms with E-state index in [4.69, 9.17) is 17.3 Å². The molecule has 1 aliphatic carbocycles. The number of rotatable bonds is 7. The average molecular weight is 437 g/mol. The zero-order valence-electron chi connectivity index (χ0n) is 16.9. The van der Waals surface area contributed by atoms with Gasteiger partial charge in [-0.05, 0) is 31.0 Å². The van der Waals surface area contributed by atoms with E-state index in [9.17, 15) is 19.8 Å². The lowest BCUT2D eigenvalue weighted by Crippen LogP contribution is -2.42. The molecule has 0 bridgehead atoms. The Bertz CT molecular complexity index is 931. The molecule has 0 radical (unpaired) electrons. The Hall–Kier alpha value is -2.13. The van der Waals surface area contributed by atoms with Crippen LogP contribution in [0.25, 0.3) is 5.69 Å². The molecule has 30 heavy (non-hydrogen) atoms. The lowest BCUT2D eigenvalue weighted by molar-refractivity contribution is 0.0246. The molecule has 1 saturated carbocycles. The molecule has 2 aromatic rings. The maximum atomic E-state index is 12.7. The van der Waals surface area contributed by atoms with Gasteiger partial charge in [-0.15, -0.1) is 0 Å². The van der Waals surface area contributed by atoms with Crippen molar-refractivity contribution in [3.8, 4) is 5.69 Å². The van der Waals surface area contributed by atoms with Gasteiger partial charge in [-0.2, -0.15) is 0 Å². The summed E-state index contributed by atoms with van der Waals surface area (Å²) in [5.41, 5.74) is 4.86. The van der Waals surface area contributed by atoms with Crippen LogP contribution in [0.3, 0.4) is 0 Å². The summed E-state index contributed by atoms with van der Waals surface area (Å²) in [7, 11) is 0. The standard InChI is InChI=1S/C21H29ClN4O4/c22-18-6-5-15(26-10-9-25(20(26)29)13-16(27)12-23)11-17(18)19(28)24-14-21(30)7-3-1-2-4-8-21/h5-6,9-11,16,27,30H,1-4,7-8,12-14,23H2,(H,24,28). The van der Waals surface area contributed by atoms with Gasteiger partial charge in [0.2, 0.25) is 0 Å². The molecule has 1 atom stereocenters. The number of aliphatic hydroxyl groups is 2. The van der Waals surface area contributed by atoms with Crippen molar-refractivity contribution in [2.24, 2.45) is 5.73 Å². The van der Waals surface area contributed by atoms with Gasteiger partial charge in [0.05, 0.1) is 34.5 Å². The van der Waals surface area contributed by atoms with Crippen molar-refractivity contribution in [1.29, 1.82) is 0 Å². The zero-order chi connectivity index (χ0) is 21.7. The number of hydrogen-bond donors (Lipinski definition) is 4. The quantitative estimate of drug-likeness (QED) is 0.489. The van der Waals surface area contributed by atoms with Crippen LogP contribution in [-0.2, 0) is 6.54 Å². The van der Waals surface area contributed by atoms with Crippen molar-refractivity contribution in [2.75, 3.05) is 13.1 Å². The molecule has 5 N–H and O–H groups in total. The van der Waals surface area contributed by atoms with E-state index in [2.05, 4.69) is 5.32 Å². The van der Waals surface area contributed by atoms with E-state index < -0.39 is 17.6 Å². The highest BCUT2D eigenvalue weighted by Crippen LogP contribution is 2.27. The van der Waals surface area contributed by atoms with Gasteiger partial charge >= 0.3 is 5.69 Å². The molecule has 1 fully saturated rings. The largest absolute Gasteiger partial charge is 0.390 e. The molecule has 0 saturated heterocycles. The summed E-state index contributed by atoms with van der Waals surface area (Å²) in [6.45, 7) is 0.302. The topological polar surface area (TPSA) is 123 Å². The third-order valence-electron chi connectivity index (χ3n) is 5.61. The number of aliphatic hydroxyl groups excluding tert-OH is 1. The molecule has 1 aromatic carbocycles. The van der Waals surface area contributed by atoms with E-state index in [0.29, 0.717) is 18.5 Å². The van der Waals surface area contributed by atoms with Gasteiger partial charge in [0.15, 0.2) is 0 Å². The first-order chi connectivity index (χ1) is 14.3. The molecule has 1 aliphatic rings. The molecule has 1 unspecified atom stereocenters. The first kappa shape index (κ1) is 22.6. The fourth-order valence-corrected chi connectivity index (χ4v) is 3.99. The number of carbonyl (C=O) groups excluding carboxylic acids is 1. The van der Waals surface area contributed by atoms with Crippen molar-refractivity contribution in [1.82, 2.24) is 14.5 Å². The minimum absolute atomic E-state index is 0.0508. The van der Waals surface area contributed by atoms with Crippen LogP contribution in [0.2, 0.25) is 5.02 Å². The summed E-state index contributed by atoms with van der Waals surface area (Å²) in [5.74, 6) is -0.398. The van der Waals surface area contributed by atoms with E-state index in [-0.39, 0.29) is 35.9 Å². The van der Waals surface area contributed by atoms with E-state index in [1.54, 1.807) is 30.6 Å². The molecule has 1 heterocycles. The summed E-state index contributed by atoms with van der Waals surface area (Å²) < 4.78 is 2.72. The second kappa shape index (κ2) is 9.78. The van der Waals surface area contributed by atoms with Crippen molar-refractivity contribution < 1.29 is 15.0 Å². The van der Waals surface area contributed by atoms with Gasteiger partial charge in [0, 0.05) is 25.5 Å². The Labute approximate surface area is 180 Å². The van der Waals surface area contributed by atoms with Gasteiger partial charge in [0.25, 0.3) is 5.91 Å². The van der Waals surface area contributed by atoms with Crippen molar-refractivity contribution in [3.63, 3.8) is 0 Å². The summed E-state index contributed by atoms with van der Waals surface area (Å²) in [6, 6.07) is 4.74. The van der Waals surface area contributed by atoms with Crippen molar-refractivity contribution in [3.05, 3.63) is 51.7 Å². The van der Waals surface area contributed by atoms with E-state index in [1.165, 1.54) is 9.13 Å². The fourth-order valence-electron chi connectivity index (χ4n) is 3.79. The van der Waals surface area contributed by atoms with Crippen molar-refractivity contribution in [2.45, 2.75) is 56.8 Å². The fraction of sp³-hybridized carbons (Fsp3) is 0.524. The molecule has 8 nitrogen and oxygen atoms in total. The molecular weight excluding hydrogens is 408 g/mol. The monoisotopic (exact) mass is 436 g/mol. The first-order valence-corrected chi connectivity index (χ1v) is 10.7. The third kappa shape index (κ3) is 5.31. The van der Waals surface area contributed by atoms with Crippen LogP contribution < -0.4 is 16.7 Å². The first-order valence-electron chi connectivity index (χ1n) is 10.3. The number of carbonyl (C=O) groups is 1. The van der Waals surface area contributed by atoms with E-state index >= 15 is 0 Å². The molecule has 0 spiro atoms. The van der Waals surface area contributed by atoms with Gasteiger partial charge in [-0.1, -0.05) is 37.3 Å². The maximum Gasteiger partial charge on any atom is 0.332 e. The Kier molecular flexibility index (Phi) is 7.36. The van der Waals surface area contributed by atoms with Crippen LogP contribution in [0.4, 0.5) is 0 Å². The number of benzene rings is 1. The smallest absolute Gasteiger partial charge is 0.332 e. The van der Waals surface area contributed by atoms with Crippen LogP contribution in [-0.4, -0.2) is 50.0 Å². The molecule has 164 valence electrons. The lowest BCUT2D eigenvalue weighted by atomic mass is 9.94. The average Bonchev–Trinajstić information content (AvgIpc) is 2.95. The number of nitrogens with two attached hydrogens (primary N) is 1. The maximum absolute atomic E-state index is 12.7. The minimum Gasteiger partial charge on any atom is -0.390 e. The zero-order valence-corrected chi connectivity index (χ0v) is 17.6. The predicted molar refractivity (Wildman–Crippen MR) is 115 cm³/mol. The van der Waals surface area contributed by atoms with Crippen LogP contribution in [0.1, 0.15) is 48.9 Å². The minimum atomic E-state index is -0.895. The SMILES string of the molecule is NCC(O)Cn1ccn(-c2ccc(Cl)c(C(=O)NCC3(O)CCCCCC3)c2)c1=O. The highest BCUT2D eigenvalue weighted by molar-refractivity contribution is 6.33. The molecule has 0 aliphatic heterocycles. The van der Waals surface area contributed by atoms with Crippen LogP contribution >= 0.6 is 11.6 Å². The normalized spacial score (nSPS) is 17.3. The number of amides is 1. The van der Waals surface area contributed by atoms with Gasteiger partial charge in [-0.3, -0.25) is 13.9 Å². The van der Waals surface area contributed by atoms with Gasteiger partial charge in [-0.25, -0.2) is 4.79 Å². The number of nitrogens with one attached hydrogen (secondary N) is 1. The number of hydrogen-bond acceptors (Lipinski definition) is 5. The third-order valence-corrected chi connectivity index (χ3v) is 5.94. The Morgan fingerprint density at radius 2 is 1.93 bits per heavy atom. The predicted octanol–water partition coefficient (Wildman–Crippen LogP) is 1.43. The second-order valence-corrected chi connectivity index (χ2v) is 8.39. The summed E-state index contributed by atoms with van der Waals surface area (Å²) in [5, 5.41) is 23.5. The highest BCUT2D eigenvalue weighted by Gasteiger charge is 2.28. The van der Waals surface area contributed by atoms with Gasteiger partial charge in [0.1, 0.15) is 0 Å². The van der Waals surface area contributed by atoms with Crippen molar-refractivity contribution >= 4 is 17.5 Å². The number of aromatic nitrogens is 2. The highest BCUT2D eigenvalue weighted by atomic mass is 35.5. The summed E-state index contributed by atoms with van der Waals surface area (Å²) >= 11 is 6.23. The molecule has 9 heteroatoms. The molecule has 1 amide bonds. The summed E-state index contributed by atoms with van der Waals surface area (Å²) in [6.07, 6.45) is 7.71. The molecule has 3 rings (SSSR count). The second-order valence-electron chi connectivity index (χ2n) is 7.98. The number of nitrogens with zero attached hydrogens (tertiary/aromatic N) is 2. The summed E-state index contributed by atoms with van der Waals surface area (Å²) in [4.78, 5) is 25.3. The molecular formula is C21H29ClN4O4. The number of imidazole rings is 1. The molecule has 1 aromatic heterocycles. The Balaban J connectivity index is 1.77. The van der Waals surface area contributed by atoms with E-state index in [1.807, 2.05) is 0 Å². The Morgan fingerprint density at radius 3 is 2.60 bits per heavy atom. The van der Waals surface area contributed by atoms with Crippen LogP contribution in [0.5, 0.6) is 0 Å². The lowest BCUT2D eigenvalue weighted by Gasteiger charge is -2.26. The Morgan fingerprint density at radius 1 is 1.23 bits per heavy atom. The van der Waals surface area contributed by atoms with Crippen LogP contribution in [0, 0.1) is 0 Å².